The Morgan fingerprint density at radius 1 is 1.11 bits per heavy atom. The lowest BCUT2D eigenvalue weighted by Crippen LogP contribution is -2.35. The van der Waals surface area contributed by atoms with Gasteiger partial charge in [-0.15, -0.1) is 0 Å². The molecule has 0 spiro atoms. The van der Waals surface area contributed by atoms with Gasteiger partial charge >= 0.3 is 0 Å². The predicted molar refractivity (Wildman–Crippen MR) is 106 cm³/mol. The number of nitrogens with one attached hydrogen (secondary N) is 2. The first-order chi connectivity index (χ1) is 13.6. The molecule has 0 aliphatic carbocycles. The molecule has 2 rings (SSSR count). The summed E-state index contributed by atoms with van der Waals surface area (Å²) in [6.45, 7) is 2.63. The van der Waals surface area contributed by atoms with E-state index < -0.39 is 5.91 Å². The van der Waals surface area contributed by atoms with Gasteiger partial charge in [0.1, 0.15) is 11.5 Å². The third-order valence-corrected chi connectivity index (χ3v) is 4.03. The Balaban J connectivity index is 2.17. The molecule has 2 amide bonds. The van der Waals surface area contributed by atoms with Gasteiger partial charge in [0, 0.05) is 18.2 Å². The summed E-state index contributed by atoms with van der Waals surface area (Å²) in [7, 11) is 3.01. The van der Waals surface area contributed by atoms with Crippen molar-refractivity contribution in [1.29, 1.82) is 0 Å². The van der Waals surface area contributed by atoms with E-state index in [1.54, 1.807) is 30.3 Å². The number of furan rings is 1. The Hall–Kier alpha value is -3.22. The van der Waals surface area contributed by atoms with Crippen molar-refractivity contribution in [3.8, 4) is 11.5 Å². The monoisotopic (exact) mass is 386 g/mol. The van der Waals surface area contributed by atoms with Crippen LogP contribution in [0.3, 0.4) is 0 Å². The molecule has 1 aromatic carbocycles. The van der Waals surface area contributed by atoms with Crippen molar-refractivity contribution in [1.82, 2.24) is 10.6 Å². The molecule has 28 heavy (non-hydrogen) atoms. The van der Waals surface area contributed by atoms with Crippen LogP contribution < -0.4 is 20.1 Å². The van der Waals surface area contributed by atoms with Crippen LogP contribution in [0.15, 0.2) is 46.7 Å². The van der Waals surface area contributed by atoms with E-state index in [2.05, 4.69) is 17.6 Å². The van der Waals surface area contributed by atoms with Crippen LogP contribution in [0.25, 0.3) is 6.08 Å². The molecule has 0 radical (unpaired) electrons. The molecule has 0 unspecified atom stereocenters. The van der Waals surface area contributed by atoms with Gasteiger partial charge in [0.15, 0.2) is 11.5 Å². The molecule has 1 aromatic heterocycles. The molecule has 1 heterocycles. The number of carbonyl (C=O) groups is 2. The number of amides is 2. The van der Waals surface area contributed by atoms with E-state index in [0.717, 1.165) is 19.3 Å². The van der Waals surface area contributed by atoms with Crippen LogP contribution in [0, 0.1) is 0 Å². The van der Waals surface area contributed by atoms with E-state index in [1.807, 2.05) is 0 Å². The molecule has 0 fully saturated rings. The van der Waals surface area contributed by atoms with E-state index in [0.29, 0.717) is 29.4 Å². The fourth-order valence-corrected chi connectivity index (χ4v) is 2.52. The number of hydrogen-bond donors (Lipinski definition) is 2. The number of hydrogen-bond acceptors (Lipinski definition) is 5. The van der Waals surface area contributed by atoms with E-state index in [4.69, 9.17) is 13.9 Å². The molecule has 0 atom stereocenters. The van der Waals surface area contributed by atoms with Gasteiger partial charge in [0.2, 0.25) is 0 Å². The average molecular weight is 386 g/mol. The summed E-state index contributed by atoms with van der Waals surface area (Å²) in [5, 5.41) is 5.47. The molecule has 2 aromatic rings. The molecular weight excluding hydrogens is 360 g/mol. The minimum Gasteiger partial charge on any atom is -0.493 e. The number of carbonyl (C=O) groups excluding carboxylic acids is 2. The van der Waals surface area contributed by atoms with Gasteiger partial charge in [-0.3, -0.25) is 9.59 Å². The van der Waals surface area contributed by atoms with Crippen molar-refractivity contribution in [2.75, 3.05) is 20.8 Å². The SMILES string of the molecule is CCCCCNC(=O)/C(=C/c1ccco1)NC(=O)c1ccc(OC)c(OC)c1. The highest BCUT2D eigenvalue weighted by atomic mass is 16.5. The normalized spacial score (nSPS) is 11.0. The van der Waals surface area contributed by atoms with Gasteiger partial charge < -0.3 is 24.5 Å². The van der Waals surface area contributed by atoms with Gasteiger partial charge in [-0.2, -0.15) is 0 Å². The first kappa shape index (κ1) is 21.1. The zero-order valence-electron chi connectivity index (χ0n) is 16.4. The zero-order chi connectivity index (χ0) is 20.4. The van der Waals surface area contributed by atoms with Gasteiger partial charge in [-0.05, 0) is 36.8 Å². The Bertz CT molecular complexity index is 812. The highest BCUT2D eigenvalue weighted by molar-refractivity contribution is 6.05. The van der Waals surface area contributed by atoms with Crippen molar-refractivity contribution in [2.24, 2.45) is 0 Å². The van der Waals surface area contributed by atoms with Crippen molar-refractivity contribution < 1.29 is 23.5 Å². The van der Waals surface area contributed by atoms with E-state index in [1.165, 1.54) is 26.6 Å². The van der Waals surface area contributed by atoms with Gasteiger partial charge in [0.25, 0.3) is 11.8 Å². The maximum absolute atomic E-state index is 12.7. The average Bonchev–Trinajstić information content (AvgIpc) is 3.23. The third-order valence-electron chi connectivity index (χ3n) is 4.03. The summed E-state index contributed by atoms with van der Waals surface area (Å²) in [5.41, 5.74) is 0.438. The van der Waals surface area contributed by atoms with Crippen LogP contribution in [0.2, 0.25) is 0 Å². The minimum absolute atomic E-state index is 0.103. The molecule has 0 saturated carbocycles. The molecule has 0 bridgehead atoms. The lowest BCUT2D eigenvalue weighted by Gasteiger charge is -2.12. The number of rotatable bonds is 10. The second-order valence-electron chi connectivity index (χ2n) is 6.06. The summed E-state index contributed by atoms with van der Waals surface area (Å²) in [6, 6.07) is 8.19. The van der Waals surface area contributed by atoms with Crippen molar-refractivity contribution in [3.05, 3.63) is 53.6 Å². The van der Waals surface area contributed by atoms with Crippen LogP contribution in [-0.4, -0.2) is 32.6 Å². The van der Waals surface area contributed by atoms with Crippen molar-refractivity contribution in [2.45, 2.75) is 26.2 Å². The van der Waals surface area contributed by atoms with Crippen LogP contribution >= 0.6 is 0 Å². The molecule has 150 valence electrons. The fourth-order valence-electron chi connectivity index (χ4n) is 2.52. The molecule has 0 aliphatic heterocycles. The van der Waals surface area contributed by atoms with Gasteiger partial charge in [-0.25, -0.2) is 0 Å². The molecule has 0 aliphatic rings. The topological polar surface area (TPSA) is 89.8 Å². The Morgan fingerprint density at radius 3 is 2.54 bits per heavy atom. The molecule has 7 nitrogen and oxygen atoms in total. The lowest BCUT2D eigenvalue weighted by molar-refractivity contribution is -0.117. The largest absolute Gasteiger partial charge is 0.493 e. The van der Waals surface area contributed by atoms with Crippen LogP contribution in [0.5, 0.6) is 11.5 Å². The van der Waals surface area contributed by atoms with E-state index in [-0.39, 0.29) is 11.6 Å². The lowest BCUT2D eigenvalue weighted by atomic mass is 10.1. The Kier molecular flexibility index (Phi) is 8.14. The van der Waals surface area contributed by atoms with E-state index >= 15 is 0 Å². The van der Waals surface area contributed by atoms with E-state index in [9.17, 15) is 9.59 Å². The zero-order valence-corrected chi connectivity index (χ0v) is 16.4. The summed E-state index contributed by atoms with van der Waals surface area (Å²) in [4.78, 5) is 25.2. The first-order valence-electron chi connectivity index (χ1n) is 9.15. The smallest absolute Gasteiger partial charge is 0.267 e. The minimum atomic E-state index is -0.442. The number of ether oxygens (including phenoxy) is 2. The number of unbranched alkanes of at least 4 members (excludes halogenated alkanes) is 2. The molecule has 2 N–H and O–H groups in total. The molecular formula is C21H26N2O5. The molecule has 0 saturated heterocycles. The highest BCUT2D eigenvalue weighted by Crippen LogP contribution is 2.27. The molecule has 7 heteroatoms. The van der Waals surface area contributed by atoms with Gasteiger partial charge in [-0.1, -0.05) is 19.8 Å². The second kappa shape index (κ2) is 10.8. The van der Waals surface area contributed by atoms with Crippen molar-refractivity contribution >= 4 is 17.9 Å². The highest BCUT2D eigenvalue weighted by Gasteiger charge is 2.16. The maximum Gasteiger partial charge on any atom is 0.267 e. The first-order valence-corrected chi connectivity index (χ1v) is 9.15. The van der Waals surface area contributed by atoms with Crippen LogP contribution in [-0.2, 0) is 4.79 Å². The third kappa shape index (κ3) is 5.90. The Morgan fingerprint density at radius 2 is 1.89 bits per heavy atom. The summed E-state index contributed by atoms with van der Waals surface area (Å²) < 4.78 is 15.7. The standard InChI is InChI=1S/C21H26N2O5/c1-4-5-6-11-22-21(25)17(14-16-8-7-12-28-16)23-20(24)15-9-10-18(26-2)19(13-15)27-3/h7-10,12-14H,4-6,11H2,1-3H3,(H,22,25)(H,23,24)/b17-14-. The number of methoxy groups -OCH3 is 2. The summed E-state index contributed by atoms with van der Waals surface area (Å²) >= 11 is 0. The second-order valence-corrected chi connectivity index (χ2v) is 6.06. The van der Waals surface area contributed by atoms with Crippen LogP contribution in [0.1, 0.15) is 42.3 Å². The Labute approximate surface area is 164 Å². The predicted octanol–water partition coefficient (Wildman–Crippen LogP) is 3.37. The summed E-state index contributed by atoms with van der Waals surface area (Å²) in [6.07, 6.45) is 5.95. The maximum atomic E-state index is 12.7. The number of benzene rings is 1. The fraction of sp³-hybridized carbons (Fsp3) is 0.333. The quantitative estimate of drug-likeness (QED) is 0.483. The summed E-state index contributed by atoms with van der Waals surface area (Å²) in [5.74, 6) is 0.588. The van der Waals surface area contributed by atoms with Gasteiger partial charge in [0.05, 0.1) is 20.5 Å². The van der Waals surface area contributed by atoms with Crippen molar-refractivity contribution in [3.63, 3.8) is 0 Å². The van der Waals surface area contributed by atoms with Crippen LogP contribution in [0.4, 0.5) is 0 Å².